The molecule has 0 saturated carbocycles. The summed E-state index contributed by atoms with van der Waals surface area (Å²) in [5, 5.41) is 0.942. The third-order valence-electron chi connectivity index (χ3n) is 4.43. The van der Waals surface area contributed by atoms with Gasteiger partial charge in [0.1, 0.15) is 11.4 Å². The van der Waals surface area contributed by atoms with Gasteiger partial charge < -0.3 is 15.5 Å². The molecule has 1 aliphatic rings. The van der Waals surface area contributed by atoms with E-state index in [1.807, 2.05) is 42.2 Å². The molecule has 0 radical (unpaired) electrons. The molecule has 144 valence electrons. The van der Waals surface area contributed by atoms with Crippen molar-refractivity contribution >= 4 is 47.4 Å². The summed E-state index contributed by atoms with van der Waals surface area (Å²) in [5.41, 5.74) is 6.20. The van der Waals surface area contributed by atoms with Crippen molar-refractivity contribution in [3.8, 4) is 0 Å². The summed E-state index contributed by atoms with van der Waals surface area (Å²) in [5.74, 6) is 0.854. The zero-order valence-electron chi connectivity index (χ0n) is 14.9. The number of anilines is 1. The molecule has 0 spiro atoms. The SMILES string of the molecule is CCc1nsc(N2CCN(C(=O)C(C)(N)c3ccccc3)CC2)n1.Cl.Cl. The molecule has 0 bridgehead atoms. The van der Waals surface area contributed by atoms with Crippen LogP contribution >= 0.6 is 36.3 Å². The molecule has 0 aliphatic carbocycles. The van der Waals surface area contributed by atoms with Gasteiger partial charge in [-0.25, -0.2) is 4.98 Å². The Morgan fingerprint density at radius 2 is 1.81 bits per heavy atom. The normalized spacial score (nSPS) is 16.3. The predicted molar refractivity (Wildman–Crippen MR) is 111 cm³/mol. The van der Waals surface area contributed by atoms with Crippen LogP contribution in [0.1, 0.15) is 25.2 Å². The molecule has 1 aromatic heterocycles. The van der Waals surface area contributed by atoms with E-state index in [-0.39, 0.29) is 30.7 Å². The molecule has 1 saturated heterocycles. The largest absolute Gasteiger partial charge is 0.343 e. The lowest BCUT2D eigenvalue weighted by molar-refractivity contribution is -0.137. The second kappa shape index (κ2) is 9.50. The highest BCUT2D eigenvalue weighted by Gasteiger charge is 2.36. The van der Waals surface area contributed by atoms with Crippen molar-refractivity contribution in [1.29, 1.82) is 0 Å². The van der Waals surface area contributed by atoms with Crippen LogP contribution in [0.3, 0.4) is 0 Å². The number of rotatable bonds is 4. The van der Waals surface area contributed by atoms with E-state index in [1.54, 1.807) is 6.92 Å². The van der Waals surface area contributed by atoms with Crippen LogP contribution in [0.2, 0.25) is 0 Å². The molecule has 1 aromatic carbocycles. The van der Waals surface area contributed by atoms with E-state index in [9.17, 15) is 4.79 Å². The maximum absolute atomic E-state index is 12.9. The van der Waals surface area contributed by atoms with E-state index >= 15 is 0 Å². The van der Waals surface area contributed by atoms with Gasteiger partial charge in [-0.1, -0.05) is 37.3 Å². The van der Waals surface area contributed by atoms with Gasteiger partial charge in [-0.15, -0.1) is 24.8 Å². The lowest BCUT2D eigenvalue weighted by Crippen LogP contribution is -2.56. The van der Waals surface area contributed by atoms with E-state index in [0.29, 0.717) is 13.1 Å². The Balaban J connectivity index is 0.00000169. The maximum atomic E-state index is 12.9. The molecule has 1 amide bonds. The first-order chi connectivity index (χ1) is 11.5. The Morgan fingerprint density at radius 1 is 1.19 bits per heavy atom. The van der Waals surface area contributed by atoms with Gasteiger partial charge in [-0.05, 0) is 12.5 Å². The summed E-state index contributed by atoms with van der Waals surface area (Å²) in [7, 11) is 0. The van der Waals surface area contributed by atoms with Crippen LogP contribution in [0.4, 0.5) is 5.13 Å². The lowest BCUT2D eigenvalue weighted by atomic mass is 9.91. The Bertz CT molecular complexity index is 702. The highest BCUT2D eigenvalue weighted by atomic mass is 35.5. The predicted octanol–water partition coefficient (Wildman–Crippen LogP) is 2.47. The minimum absolute atomic E-state index is 0. The van der Waals surface area contributed by atoms with Crippen molar-refractivity contribution in [3.05, 3.63) is 41.7 Å². The van der Waals surface area contributed by atoms with E-state index in [2.05, 4.69) is 14.3 Å². The molecule has 1 fully saturated rings. The molecule has 2 N–H and O–H groups in total. The fraction of sp³-hybridized carbons (Fsp3) is 0.471. The van der Waals surface area contributed by atoms with Crippen LogP contribution in [0, 0.1) is 0 Å². The minimum atomic E-state index is -0.998. The van der Waals surface area contributed by atoms with E-state index in [4.69, 9.17) is 5.73 Å². The molecular formula is C17H25Cl2N5OS. The van der Waals surface area contributed by atoms with Crippen LogP contribution in [0.25, 0.3) is 0 Å². The second-order valence-corrected chi connectivity index (χ2v) is 6.92. The number of piperazine rings is 1. The number of aryl methyl sites for hydroxylation is 1. The summed E-state index contributed by atoms with van der Waals surface area (Å²) in [6, 6.07) is 9.55. The highest BCUT2D eigenvalue weighted by Crippen LogP contribution is 2.23. The van der Waals surface area contributed by atoms with Gasteiger partial charge in [0.15, 0.2) is 0 Å². The van der Waals surface area contributed by atoms with Crippen LogP contribution < -0.4 is 10.6 Å². The first-order valence-electron chi connectivity index (χ1n) is 8.23. The molecule has 26 heavy (non-hydrogen) atoms. The fourth-order valence-corrected chi connectivity index (χ4v) is 3.66. The number of aromatic nitrogens is 2. The zero-order valence-corrected chi connectivity index (χ0v) is 17.4. The zero-order chi connectivity index (χ0) is 17.2. The number of nitrogens with zero attached hydrogens (tertiary/aromatic N) is 4. The number of carbonyl (C=O) groups excluding carboxylic acids is 1. The first kappa shape index (κ1) is 22.6. The average Bonchev–Trinajstić information content (AvgIpc) is 3.11. The van der Waals surface area contributed by atoms with Crippen molar-refractivity contribution in [2.45, 2.75) is 25.8 Å². The second-order valence-electron chi connectivity index (χ2n) is 6.19. The molecule has 9 heteroatoms. The van der Waals surface area contributed by atoms with Crippen molar-refractivity contribution in [3.63, 3.8) is 0 Å². The Hall–Kier alpha value is -1.41. The van der Waals surface area contributed by atoms with Gasteiger partial charge in [-0.2, -0.15) is 4.37 Å². The Labute approximate surface area is 170 Å². The number of carbonyl (C=O) groups is 1. The summed E-state index contributed by atoms with van der Waals surface area (Å²) >= 11 is 1.43. The fourth-order valence-electron chi connectivity index (χ4n) is 2.85. The number of halogens is 2. The molecular weight excluding hydrogens is 393 g/mol. The summed E-state index contributed by atoms with van der Waals surface area (Å²) in [6.45, 7) is 6.66. The number of amides is 1. The van der Waals surface area contributed by atoms with Crippen molar-refractivity contribution in [2.24, 2.45) is 5.73 Å². The number of hydrogen-bond donors (Lipinski definition) is 1. The van der Waals surface area contributed by atoms with Crippen molar-refractivity contribution in [2.75, 3.05) is 31.1 Å². The van der Waals surface area contributed by atoms with Crippen LogP contribution in [-0.2, 0) is 16.8 Å². The molecule has 2 heterocycles. The van der Waals surface area contributed by atoms with E-state index < -0.39 is 5.54 Å². The summed E-state index contributed by atoms with van der Waals surface area (Å²) < 4.78 is 4.33. The maximum Gasteiger partial charge on any atom is 0.247 e. The molecule has 3 rings (SSSR count). The third kappa shape index (κ3) is 4.65. The molecule has 1 aliphatic heterocycles. The first-order valence-corrected chi connectivity index (χ1v) is 9.01. The monoisotopic (exact) mass is 417 g/mol. The third-order valence-corrected chi connectivity index (χ3v) is 5.24. The summed E-state index contributed by atoms with van der Waals surface area (Å²) in [6.07, 6.45) is 0.845. The van der Waals surface area contributed by atoms with E-state index in [0.717, 1.165) is 36.0 Å². The van der Waals surface area contributed by atoms with Gasteiger partial charge in [0.2, 0.25) is 11.0 Å². The molecule has 2 aromatic rings. The smallest absolute Gasteiger partial charge is 0.247 e. The quantitative estimate of drug-likeness (QED) is 0.826. The minimum Gasteiger partial charge on any atom is -0.343 e. The average molecular weight is 418 g/mol. The number of hydrogen-bond acceptors (Lipinski definition) is 6. The van der Waals surface area contributed by atoms with Crippen LogP contribution in [0.5, 0.6) is 0 Å². The Kier molecular flexibility index (Phi) is 8.27. The van der Waals surface area contributed by atoms with Gasteiger partial charge in [0.05, 0.1) is 0 Å². The number of nitrogens with two attached hydrogens (primary N) is 1. The summed E-state index contributed by atoms with van der Waals surface area (Å²) in [4.78, 5) is 21.4. The van der Waals surface area contributed by atoms with Crippen LogP contribution in [0.15, 0.2) is 30.3 Å². The van der Waals surface area contributed by atoms with Crippen molar-refractivity contribution in [1.82, 2.24) is 14.3 Å². The van der Waals surface area contributed by atoms with E-state index in [1.165, 1.54) is 11.5 Å². The highest BCUT2D eigenvalue weighted by molar-refractivity contribution is 7.09. The van der Waals surface area contributed by atoms with Crippen LogP contribution in [-0.4, -0.2) is 46.3 Å². The standard InChI is InChI=1S/C17H23N5OS.2ClH/c1-3-14-19-16(24-20-14)22-11-9-21(10-12-22)15(23)17(2,18)13-7-5-4-6-8-13;;/h4-8H,3,9-12,18H2,1-2H3;2*1H. The topological polar surface area (TPSA) is 75.4 Å². The lowest BCUT2D eigenvalue weighted by Gasteiger charge is -2.38. The van der Waals surface area contributed by atoms with Gasteiger partial charge in [0.25, 0.3) is 0 Å². The van der Waals surface area contributed by atoms with Gasteiger partial charge >= 0.3 is 0 Å². The van der Waals surface area contributed by atoms with Gasteiger partial charge in [0, 0.05) is 44.1 Å². The Morgan fingerprint density at radius 3 is 2.35 bits per heavy atom. The molecule has 6 nitrogen and oxygen atoms in total. The molecule has 1 atom stereocenters. The van der Waals surface area contributed by atoms with Gasteiger partial charge in [-0.3, -0.25) is 4.79 Å². The molecule has 1 unspecified atom stereocenters. The number of benzene rings is 1. The van der Waals surface area contributed by atoms with Crippen molar-refractivity contribution < 1.29 is 4.79 Å².